The highest BCUT2D eigenvalue weighted by Crippen LogP contribution is 2.56. The number of piperidine rings is 1. The van der Waals surface area contributed by atoms with Gasteiger partial charge in [0.2, 0.25) is 0 Å². The van der Waals surface area contributed by atoms with Crippen molar-refractivity contribution in [3.05, 3.63) is 35.4 Å². The van der Waals surface area contributed by atoms with Gasteiger partial charge in [0.25, 0.3) is 0 Å². The number of phenolic OH excluding ortho intramolecular Hbond substituents is 1. The largest absolute Gasteiger partial charge is 0.504 e. The second-order valence-corrected chi connectivity index (χ2v) is 6.84. The van der Waals surface area contributed by atoms with Crippen LogP contribution in [-0.2, 0) is 16.6 Å². The second kappa shape index (κ2) is 4.59. The number of nitrogens with zero attached hydrogens (tertiary/aromatic N) is 1. The molecule has 2 bridgehead atoms. The zero-order chi connectivity index (χ0) is 15.5. The molecule has 1 aromatic rings. The van der Waals surface area contributed by atoms with Crippen molar-refractivity contribution in [1.82, 2.24) is 4.90 Å². The number of fused-ring (bicyclic) bond motifs is 1. The summed E-state index contributed by atoms with van der Waals surface area (Å²) in [7, 11) is 3.73. The quantitative estimate of drug-likeness (QED) is 0.862. The van der Waals surface area contributed by atoms with Crippen molar-refractivity contribution >= 4 is 5.78 Å². The van der Waals surface area contributed by atoms with Crippen molar-refractivity contribution in [3.8, 4) is 11.5 Å². The smallest absolute Gasteiger partial charge is 0.161 e. The fourth-order valence-corrected chi connectivity index (χ4v) is 4.84. The molecule has 4 nitrogen and oxygen atoms in total. The summed E-state index contributed by atoms with van der Waals surface area (Å²) in [6.07, 6.45) is 6.11. The number of carbonyl (C=O) groups excluding carboxylic acids is 1. The summed E-state index contributed by atoms with van der Waals surface area (Å²) in [6, 6.07) is 4.29. The van der Waals surface area contributed by atoms with Gasteiger partial charge < -0.3 is 14.7 Å². The Bertz CT molecular complexity index is 681. The number of methoxy groups -OCH3 is 1. The maximum Gasteiger partial charge on any atom is 0.161 e. The molecule has 3 aliphatic rings. The van der Waals surface area contributed by atoms with Crippen molar-refractivity contribution in [2.75, 3.05) is 20.7 Å². The molecule has 1 aromatic carbocycles. The molecular weight excluding hydrogens is 278 g/mol. The van der Waals surface area contributed by atoms with Gasteiger partial charge in [0.05, 0.1) is 7.11 Å². The number of ketones is 1. The van der Waals surface area contributed by atoms with Crippen LogP contribution in [0.5, 0.6) is 11.5 Å². The first-order valence-electron chi connectivity index (χ1n) is 7.87. The highest BCUT2D eigenvalue weighted by atomic mass is 16.5. The molecule has 3 atom stereocenters. The van der Waals surface area contributed by atoms with E-state index in [2.05, 4.69) is 24.1 Å². The molecule has 1 N–H and O–H groups in total. The van der Waals surface area contributed by atoms with Gasteiger partial charge in [0, 0.05) is 29.4 Å². The van der Waals surface area contributed by atoms with Gasteiger partial charge in [-0.3, -0.25) is 4.79 Å². The molecule has 0 radical (unpaired) electrons. The average molecular weight is 299 g/mol. The summed E-state index contributed by atoms with van der Waals surface area (Å²) in [6.45, 7) is 0.957. The number of hydrogen-bond donors (Lipinski definition) is 1. The molecular formula is C18H21NO3. The Balaban J connectivity index is 1.98. The van der Waals surface area contributed by atoms with Gasteiger partial charge in [-0.1, -0.05) is 12.1 Å². The highest BCUT2D eigenvalue weighted by Gasteiger charge is 2.54. The minimum atomic E-state index is -0.269. The van der Waals surface area contributed by atoms with Crippen molar-refractivity contribution in [3.63, 3.8) is 0 Å². The molecule has 0 aromatic heterocycles. The molecule has 1 heterocycles. The molecule has 0 spiro atoms. The van der Waals surface area contributed by atoms with E-state index in [1.165, 1.54) is 0 Å². The Morgan fingerprint density at radius 3 is 3.00 bits per heavy atom. The lowest BCUT2D eigenvalue weighted by atomic mass is 9.53. The molecule has 1 aliphatic heterocycles. The van der Waals surface area contributed by atoms with Crippen LogP contribution in [0.15, 0.2) is 24.3 Å². The molecule has 0 saturated carbocycles. The number of ether oxygens (including phenoxy) is 1. The van der Waals surface area contributed by atoms with E-state index in [0.29, 0.717) is 18.2 Å². The Morgan fingerprint density at radius 2 is 2.23 bits per heavy atom. The molecule has 4 rings (SSSR count). The van der Waals surface area contributed by atoms with Gasteiger partial charge in [-0.25, -0.2) is 0 Å². The Hall–Kier alpha value is -1.81. The maximum absolute atomic E-state index is 12.2. The van der Waals surface area contributed by atoms with Gasteiger partial charge in [-0.15, -0.1) is 0 Å². The number of hydrogen-bond acceptors (Lipinski definition) is 4. The molecule has 3 unspecified atom stereocenters. The predicted octanol–water partition coefficient (Wildman–Crippen LogP) is 2.04. The monoisotopic (exact) mass is 299 g/mol. The number of aromatic hydroxyl groups is 1. The molecule has 1 saturated heterocycles. The zero-order valence-electron chi connectivity index (χ0n) is 13.0. The third-order valence-electron chi connectivity index (χ3n) is 5.88. The van der Waals surface area contributed by atoms with Crippen LogP contribution in [0, 0.1) is 5.92 Å². The molecule has 0 amide bonds. The Kier molecular flexibility index (Phi) is 2.89. The first-order chi connectivity index (χ1) is 10.6. The lowest BCUT2D eigenvalue weighted by Crippen LogP contribution is -2.59. The third kappa shape index (κ3) is 1.64. The van der Waals surface area contributed by atoms with Gasteiger partial charge in [0.1, 0.15) is 0 Å². The number of benzene rings is 1. The van der Waals surface area contributed by atoms with Crippen LogP contribution in [0.25, 0.3) is 0 Å². The van der Waals surface area contributed by atoms with Crippen LogP contribution in [-0.4, -0.2) is 42.5 Å². The molecule has 4 heteroatoms. The van der Waals surface area contributed by atoms with E-state index < -0.39 is 0 Å². The fourth-order valence-electron chi connectivity index (χ4n) is 4.84. The molecule has 2 aliphatic carbocycles. The van der Waals surface area contributed by atoms with Crippen LogP contribution in [0.1, 0.15) is 24.0 Å². The van der Waals surface area contributed by atoms with E-state index in [-0.39, 0.29) is 22.9 Å². The molecule has 1 fully saturated rings. The van der Waals surface area contributed by atoms with E-state index in [1.54, 1.807) is 13.2 Å². The van der Waals surface area contributed by atoms with Gasteiger partial charge >= 0.3 is 0 Å². The van der Waals surface area contributed by atoms with Gasteiger partial charge in [-0.2, -0.15) is 0 Å². The molecule has 22 heavy (non-hydrogen) atoms. The maximum atomic E-state index is 12.2. The first kappa shape index (κ1) is 13.8. The van der Waals surface area contributed by atoms with Crippen molar-refractivity contribution in [1.29, 1.82) is 0 Å². The fraction of sp³-hybridized carbons (Fsp3) is 0.500. The first-order valence-corrected chi connectivity index (χ1v) is 7.87. The van der Waals surface area contributed by atoms with Gasteiger partial charge in [-0.05, 0) is 44.1 Å². The normalized spacial score (nSPS) is 33.3. The van der Waals surface area contributed by atoms with E-state index in [4.69, 9.17) is 4.74 Å². The standard InChI is InChI=1S/C18H21NO3/c1-19-8-7-18-10-12(20)4-5-13(18)14(19)9-11-3-6-15(22-2)17(21)16(11)18/h3-6,13-14,21H,7-10H2,1-2H3. The second-order valence-electron chi connectivity index (χ2n) is 6.84. The van der Waals surface area contributed by atoms with Crippen LogP contribution in [0.2, 0.25) is 0 Å². The van der Waals surface area contributed by atoms with E-state index in [9.17, 15) is 9.90 Å². The third-order valence-corrected chi connectivity index (χ3v) is 5.88. The van der Waals surface area contributed by atoms with Crippen LogP contribution in [0.4, 0.5) is 0 Å². The van der Waals surface area contributed by atoms with Gasteiger partial charge in [0.15, 0.2) is 17.3 Å². The van der Waals surface area contributed by atoms with E-state index >= 15 is 0 Å². The Labute approximate surface area is 130 Å². The van der Waals surface area contributed by atoms with Crippen LogP contribution < -0.4 is 4.74 Å². The van der Waals surface area contributed by atoms with Crippen molar-refractivity contribution < 1.29 is 14.6 Å². The summed E-state index contributed by atoms with van der Waals surface area (Å²) in [5, 5.41) is 10.8. The number of phenols is 1. The number of likely N-dealkylation sites (tertiary alicyclic amines) is 1. The summed E-state index contributed by atoms with van der Waals surface area (Å²) < 4.78 is 5.31. The number of allylic oxidation sites excluding steroid dienone is 1. The van der Waals surface area contributed by atoms with E-state index in [0.717, 1.165) is 30.5 Å². The number of likely N-dealkylation sites (N-methyl/N-ethyl adjacent to an activating group) is 1. The summed E-state index contributed by atoms with van der Waals surface area (Å²) >= 11 is 0. The van der Waals surface area contributed by atoms with Crippen LogP contribution in [0.3, 0.4) is 0 Å². The minimum absolute atomic E-state index is 0.162. The topological polar surface area (TPSA) is 49.8 Å². The predicted molar refractivity (Wildman–Crippen MR) is 83.3 cm³/mol. The van der Waals surface area contributed by atoms with E-state index in [1.807, 2.05) is 6.07 Å². The Morgan fingerprint density at radius 1 is 1.41 bits per heavy atom. The summed E-state index contributed by atoms with van der Waals surface area (Å²) in [4.78, 5) is 14.6. The highest BCUT2D eigenvalue weighted by molar-refractivity contribution is 5.92. The van der Waals surface area contributed by atoms with Crippen LogP contribution >= 0.6 is 0 Å². The number of rotatable bonds is 1. The summed E-state index contributed by atoms with van der Waals surface area (Å²) in [5.41, 5.74) is 1.85. The SMILES string of the molecule is COc1ccc2c(c1O)C13CCN(C)C(C2)C1C=CC(=O)C3. The number of carbonyl (C=O) groups is 1. The lowest BCUT2D eigenvalue weighted by Gasteiger charge is -2.56. The molecule has 116 valence electrons. The zero-order valence-corrected chi connectivity index (χ0v) is 13.0. The summed E-state index contributed by atoms with van der Waals surface area (Å²) in [5.74, 6) is 1.19. The minimum Gasteiger partial charge on any atom is -0.504 e. The lowest BCUT2D eigenvalue weighted by molar-refractivity contribution is -0.118. The van der Waals surface area contributed by atoms with Crippen molar-refractivity contribution in [2.45, 2.75) is 30.7 Å². The average Bonchev–Trinajstić information content (AvgIpc) is 2.50. The van der Waals surface area contributed by atoms with Crippen molar-refractivity contribution in [2.24, 2.45) is 5.92 Å².